The van der Waals surface area contributed by atoms with E-state index in [0.717, 1.165) is 31.4 Å². The monoisotopic (exact) mass is 354 g/mol. The Morgan fingerprint density at radius 1 is 1.38 bits per heavy atom. The minimum absolute atomic E-state index is 0. The fourth-order valence-electron chi connectivity index (χ4n) is 3.02. The van der Waals surface area contributed by atoms with Crippen LogP contribution in [0, 0.1) is 5.41 Å². The van der Waals surface area contributed by atoms with Gasteiger partial charge in [-0.25, -0.2) is 0 Å². The molecule has 0 bridgehead atoms. The molecule has 3 N–H and O–H groups in total. The number of carbonyl (C=O) groups is 1. The van der Waals surface area contributed by atoms with E-state index in [2.05, 4.69) is 26.1 Å². The molecule has 1 saturated carbocycles. The molecule has 3 atom stereocenters. The Bertz CT molecular complexity index is 507. The molecular formula is C19H31ClN2O2. The van der Waals surface area contributed by atoms with E-state index in [4.69, 9.17) is 10.5 Å². The van der Waals surface area contributed by atoms with Gasteiger partial charge in [-0.2, -0.15) is 0 Å². The van der Waals surface area contributed by atoms with Crippen LogP contribution >= 0.6 is 12.4 Å². The van der Waals surface area contributed by atoms with Gasteiger partial charge in [0.2, 0.25) is 5.91 Å². The van der Waals surface area contributed by atoms with Gasteiger partial charge in [0.1, 0.15) is 0 Å². The first-order valence-corrected chi connectivity index (χ1v) is 8.66. The number of ether oxygens (including phenoxy) is 1. The number of amides is 1. The highest BCUT2D eigenvalue weighted by Gasteiger charge is 2.49. The second-order valence-electron chi connectivity index (χ2n) is 7.13. The molecule has 136 valence electrons. The van der Waals surface area contributed by atoms with Gasteiger partial charge >= 0.3 is 0 Å². The first-order valence-electron chi connectivity index (χ1n) is 8.66. The standard InChI is InChI=1S/C19H30N2O2.ClH/c1-4-5-11-23-17-13-16(19(17,2)3)21-18(22)15(20)12-14-9-7-6-8-10-14;/h6-10,15-17H,4-5,11-13,20H2,1-3H3,(H,21,22);1H/t15-,16?,17?;/m0./s1. The molecule has 0 spiro atoms. The Balaban J connectivity index is 0.00000288. The number of hydrogen-bond donors (Lipinski definition) is 2. The maximum atomic E-state index is 12.3. The van der Waals surface area contributed by atoms with E-state index in [1.165, 1.54) is 0 Å². The van der Waals surface area contributed by atoms with Crippen molar-refractivity contribution in [2.75, 3.05) is 6.61 Å². The lowest BCUT2D eigenvalue weighted by molar-refractivity contribution is -0.138. The lowest BCUT2D eigenvalue weighted by Gasteiger charge is -2.51. The lowest BCUT2D eigenvalue weighted by Crippen LogP contribution is -2.63. The summed E-state index contributed by atoms with van der Waals surface area (Å²) in [4.78, 5) is 12.3. The summed E-state index contributed by atoms with van der Waals surface area (Å²) in [6.07, 6.45) is 3.90. The first kappa shape index (κ1) is 20.9. The van der Waals surface area contributed by atoms with Crippen molar-refractivity contribution in [3.63, 3.8) is 0 Å². The van der Waals surface area contributed by atoms with Crippen LogP contribution in [0.15, 0.2) is 30.3 Å². The molecule has 2 unspecified atom stereocenters. The molecule has 4 nitrogen and oxygen atoms in total. The van der Waals surface area contributed by atoms with E-state index in [1.54, 1.807) is 0 Å². The van der Waals surface area contributed by atoms with Gasteiger partial charge in [0.25, 0.3) is 0 Å². The molecular weight excluding hydrogens is 324 g/mol. The van der Waals surface area contributed by atoms with Crippen molar-refractivity contribution >= 4 is 18.3 Å². The van der Waals surface area contributed by atoms with Crippen LogP contribution in [0.3, 0.4) is 0 Å². The first-order chi connectivity index (χ1) is 10.9. The number of halogens is 1. The molecule has 1 amide bonds. The molecule has 0 aromatic heterocycles. The fraction of sp³-hybridized carbons (Fsp3) is 0.632. The van der Waals surface area contributed by atoms with Gasteiger partial charge in [-0.1, -0.05) is 57.5 Å². The van der Waals surface area contributed by atoms with Gasteiger partial charge in [-0.05, 0) is 24.8 Å². The Morgan fingerprint density at radius 3 is 2.62 bits per heavy atom. The van der Waals surface area contributed by atoms with Crippen LogP contribution < -0.4 is 11.1 Å². The largest absolute Gasteiger partial charge is 0.378 e. The van der Waals surface area contributed by atoms with Gasteiger partial charge in [0.05, 0.1) is 12.1 Å². The van der Waals surface area contributed by atoms with Crippen molar-refractivity contribution in [2.45, 2.75) is 64.6 Å². The normalized spacial score (nSPS) is 22.8. The van der Waals surface area contributed by atoms with Crippen LogP contribution in [0.5, 0.6) is 0 Å². The topological polar surface area (TPSA) is 64.3 Å². The second-order valence-corrected chi connectivity index (χ2v) is 7.13. The molecule has 0 saturated heterocycles. The minimum atomic E-state index is -0.506. The molecule has 0 heterocycles. The number of unbranched alkanes of at least 4 members (excludes halogenated alkanes) is 1. The SMILES string of the molecule is CCCCOC1CC(NC(=O)[C@@H](N)Cc2ccccc2)C1(C)C.Cl. The predicted molar refractivity (Wildman–Crippen MR) is 100 cm³/mol. The van der Waals surface area contributed by atoms with Crippen LogP contribution in [0.1, 0.15) is 45.6 Å². The Kier molecular flexibility index (Phi) is 8.20. The van der Waals surface area contributed by atoms with E-state index in [1.807, 2.05) is 30.3 Å². The summed E-state index contributed by atoms with van der Waals surface area (Å²) in [5.74, 6) is -0.0704. The quantitative estimate of drug-likeness (QED) is 0.705. The lowest BCUT2D eigenvalue weighted by atomic mass is 9.64. The summed E-state index contributed by atoms with van der Waals surface area (Å²) in [5, 5.41) is 3.10. The molecule has 1 aliphatic carbocycles. The third-order valence-electron chi connectivity index (χ3n) is 4.95. The fourth-order valence-corrected chi connectivity index (χ4v) is 3.02. The number of nitrogens with two attached hydrogens (primary N) is 1. The molecule has 0 aliphatic heterocycles. The van der Waals surface area contributed by atoms with Crippen LogP contribution in [0.25, 0.3) is 0 Å². The van der Waals surface area contributed by atoms with Crippen LogP contribution in [-0.4, -0.2) is 30.7 Å². The zero-order valence-electron chi connectivity index (χ0n) is 15.0. The minimum Gasteiger partial charge on any atom is -0.378 e. The van der Waals surface area contributed by atoms with E-state index in [0.29, 0.717) is 6.42 Å². The third-order valence-corrected chi connectivity index (χ3v) is 4.95. The third kappa shape index (κ3) is 5.20. The molecule has 0 radical (unpaired) electrons. The van der Waals surface area contributed by atoms with Gasteiger partial charge in [-0.15, -0.1) is 12.4 Å². The number of nitrogens with one attached hydrogen (secondary N) is 1. The van der Waals surface area contributed by atoms with Crippen molar-refractivity contribution in [1.82, 2.24) is 5.32 Å². The smallest absolute Gasteiger partial charge is 0.237 e. The summed E-state index contributed by atoms with van der Waals surface area (Å²) < 4.78 is 5.92. The van der Waals surface area contributed by atoms with Crippen LogP contribution in [-0.2, 0) is 16.0 Å². The van der Waals surface area contributed by atoms with E-state index >= 15 is 0 Å². The molecule has 1 aliphatic rings. The maximum absolute atomic E-state index is 12.3. The summed E-state index contributed by atoms with van der Waals surface area (Å²) in [6.45, 7) is 7.27. The Hall–Kier alpha value is -1.10. The van der Waals surface area contributed by atoms with E-state index < -0.39 is 6.04 Å². The molecule has 1 aromatic carbocycles. The van der Waals surface area contributed by atoms with Crippen molar-refractivity contribution < 1.29 is 9.53 Å². The Labute approximate surface area is 151 Å². The molecule has 24 heavy (non-hydrogen) atoms. The molecule has 1 aromatic rings. The van der Waals surface area contributed by atoms with Crippen molar-refractivity contribution in [3.8, 4) is 0 Å². The number of carbonyl (C=O) groups excluding carboxylic acids is 1. The van der Waals surface area contributed by atoms with Crippen molar-refractivity contribution in [2.24, 2.45) is 11.1 Å². The summed E-state index contributed by atoms with van der Waals surface area (Å²) in [5.41, 5.74) is 7.11. The predicted octanol–water partition coefficient (Wildman–Crippen LogP) is 3.08. The maximum Gasteiger partial charge on any atom is 0.237 e. The number of benzene rings is 1. The zero-order chi connectivity index (χ0) is 16.9. The average molecular weight is 355 g/mol. The van der Waals surface area contributed by atoms with Crippen LogP contribution in [0.4, 0.5) is 0 Å². The molecule has 2 rings (SSSR count). The molecule has 5 heteroatoms. The summed E-state index contributed by atoms with van der Waals surface area (Å²) in [6, 6.07) is 9.53. The van der Waals surface area contributed by atoms with Gasteiger partial charge in [-0.3, -0.25) is 4.79 Å². The number of hydrogen-bond acceptors (Lipinski definition) is 3. The highest BCUT2D eigenvalue weighted by molar-refractivity contribution is 5.85. The average Bonchev–Trinajstić information content (AvgIpc) is 2.54. The number of rotatable bonds is 8. The summed E-state index contributed by atoms with van der Waals surface area (Å²) >= 11 is 0. The highest BCUT2D eigenvalue weighted by atomic mass is 35.5. The van der Waals surface area contributed by atoms with Crippen molar-refractivity contribution in [3.05, 3.63) is 35.9 Å². The van der Waals surface area contributed by atoms with E-state index in [-0.39, 0.29) is 35.9 Å². The van der Waals surface area contributed by atoms with Gasteiger partial charge < -0.3 is 15.8 Å². The van der Waals surface area contributed by atoms with Crippen LogP contribution in [0.2, 0.25) is 0 Å². The zero-order valence-corrected chi connectivity index (χ0v) is 15.8. The molecule has 1 fully saturated rings. The van der Waals surface area contributed by atoms with Gasteiger partial charge in [0, 0.05) is 18.1 Å². The second kappa shape index (κ2) is 9.40. The summed E-state index contributed by atoms with van der Waals surface area (Å²) in [7, 11) is 0. The highest BCUT2D eigenvalue weighted by Crippen LogP contribution is 2.42. The Morgan fingerprint density at radius 2 is 2.04 bits per heavy atom. The van der Waals surface area contributed by atoms with Gasteiger partial charge in [0.15, 0.2) is 0 Å². The van der Waals surface area contributed by atoms with Crippen molar-refractivity contribution in [1.29, 1.82) is 0 Å². The van der Waals surface area contributed by atoms with E-state index in [9.17, 15) is 4.79 Å².